The number of ether oxygens (including phenoxy) is 1. The van der Waals surface area contributed by atoms with Crippen LogP contribution in [0.2, 0.25) is 0 Å². The topological polar surface area (TPSA) is 51.2 Å². The average Bonchev–Trinajstić information content (AvgIpc) is 2.59. The third-order valence-corrected chi connectivity index (χ3v) is 4.55. The molecule has 0 unspecified atom stereocenters. The van der Waals surface area contributed by atoms with Crippen LogP contribution in [-0.4, -0.2) is 16.5 Å². The molecule has 1 aromatic heterocycles. The van der Waals surface area contributed by atoms with Gasteiger partial charge in [0, 0.05) is 20.8 Å². The summed E-state index contributed by atoms with van der Waals surface area (Å²) < 4.78 is 6.47. The lowest BCUT2D eigenvalue weighted by atomic mass is 10.0. The average molecular weight is 427 g/mol. The molecule has 140 valence electrons. The quantitative estimate of drug-likeness (QED) is 0.529. The molecule has 1 N–H and O–H groups in total. The monoisotopic (exact) mass is 426 g/mol. The number of aryl methyl sites for hydroxylation is 1. The molecular weight excluding hydrogens is 404 g/mol. The van der Waals surface area contributed by atoms with Crippen molar-refractivity contribution in [2.45, 2.75) is 39.8 Å². The number of esters is 1. The molecule has 27 heavy (non-hydrogen) atoms. The summed E-state index contributed by atoms with van der Waals surface area (Å²) in [5, 5.41) is 5.14. The van der Waals surface area contributed by atoms with Gasteiger partial charge in [-0.3, -0.25) is 0 Å². The van der Waals surface area contributed by atoms with Gasteiger partial charge < -0.3 is 10.1 Å². The number of nitrogens with one attached hydrogen (secondary N) is 1. The van der Waals surface area contributed by atoms with E-state index in [1.54, 1.807) is 0 Å². The molecule has 0 saturated heterocycles. The molecule has 4 nitrogen and oxygen atoms in total. The zero-order valence-corrected chi connectivity index (χ0v) is 17.6. The molecule has 0 fully saturated rings. The number of benzene rings is 2. The van der Waals surface area contributed by atoms with Gasteiger partial charge in [-0.15, -0.1) is 0 Å². The van der Waals surface area contributed by atoms with Gasteiger partial charge in [-0.2, -0.15) is 0 Å². The van der Waals surface area contributed by atoms with Crippen LogP contribution in [-0.2, 0) is 11.3 Å². The highest BCUT2D eigenvalue weighted by Crippen LogP contribution is 2.31. The fraction of sp³-hybridized carbons (Fsp3) is 0.273. The van der Waals surface area contributed by atoms with Gasteiger partial charge in [0.15, 0.2) is 0 Å². The number of hydrogen-bond acceptors (Lipinski definition) is 4. The molecule has 0 atom stereocenters. The molecule has 3 rings (SSSR count). The highest BCUT2D eigenvalue weighted by Gasteiger charge is 2.21. The number of nitrogens with zero attached hydrogens (tertiary/aromatic N) is 1. The van der Waals surface area contributed by atoms with E-state index in [-0.39, 0.29) is 18.1 Å². The lowest BCUT2D eigenvalue weighted by Gasteiger charge is -2.23. The molecule has 0 aliphatic rings. The molecular formula is C22H23BrN2O2. The van der Waals surface area contributed by atoms with Crippen LogP contribution in [0.5, 0.6) is 0 Å². The number of anilines is 1. The SMILES string of the molecule is Cc1nc(NC(C)(C)C)c2ccc(Br)cc2c1C(=O)OCc1ccccc1. The van der Waals surface area contributed by atoms with E-state index in [1.807, 2.05) is 55.5 Å². The molecule has 0 bridgehead atoms. The van der Waals surface area contributed by atoms with E-state index in [0.717, 1.165) is 26.6 Å². The summed E-state index contributed by atoms with van der Waals surface area (Å²) in [6.45, 7) is 8.31. The van der Waals surface area contributed by atoms with Crippen LogP contribution in [0, 0.1) is 6.92 Å². The van der Waals surface area contributed by atoms with Gasteiger partial charge in [0.25, 0.3) is 0 Å². The van der Waals surface area contributed by atoms with Crippen molar-refractivity contribution in [1.82, 2.24) is 4.98 Å². The van der Waals surface area contributed by atoms with E-state index < -0.39 is 0 Å². The van der Waals surface area contributed by atoms with Crippen LogP contribution in [0.15, 0.2) is 53.0 Å². The Morgan fingerprint density at radius 2 is 1.81 bits per heavy atom. The molecule has 0 aliphatic carbocycles. The minimum Gasteiger partial charge on any atom is -0.457 e. The maximum absolute atomic E-state index is 12.9. The Morgan fingerprint density at radius 3 is 2.48 bits per heavy atom. The summed E-state index contributed by atoms with van der Waals surface area (Å²) >= 11 is 3.51. The van der Waals surface area contributed by atoms with Gasteiger partial charge >= 0.3 is 5.97 Å². The van der Waals surface area contributed by atoms with Crippen molar-refractivity contribution in [2.24, 2.45) is 0 Å². The Labute approximate surface area is 168 Å². The summed E-state index contributed by atoms with van der Waals surface area (Å²) in [5.41, 5.74) is 1.95. The third-order valence-electron chi connectivity index (χ3n) is 4.06. The minimum atomic E-state index is -0.366. The number of carbonyl (C=O) groups excluding carboxylic acids is 1. The molecule has 5 heteroatoms. The minimum absolute atomic E-state index is 0.144. The third kappa shape index (κ3) is 4.66. The van der Waals surface area contributed by atoms with Crippen LogP contribution in [0.4, 0.5) is 5.82 Å². The first-order valence-electron chi connectivity index (χ1n) is 8.84. The highest BCUT2D eigenvalue weighted by atomic mass is 79.9. The summed E-state index contributed by atoms with van der Waals surface area (Å²) in [6, 6.07) is 15.5. The number of fused-ring (bicyclic) bond motifs is 1. The molecule has 0 amide bonds. The first kappa shape index (κ1) is 19.4. The van der Waals surface area contributed by atoms with Crippen molar-refractivity contribution < 1.29 is 9.53 Å². The molecule has 3 aromatic rings. The highest BCUT2D eigenvalue weighted by molar-refractivity contribution is 9.10. The predicted octanol–water partition coefficient (Wildman–Crippen LogP) is 5.87. The lowest BCUT2D eigenvalue weighted by Crippen LogP contribution is -2.27. The summed E-state index contributed by atoms with van der Waals surface area (Å²) in [7, 11) is 0. The number of pyridine rings is 1. The number of halogens is 1. The molecule has 0 saturated carbocycles. The van der Waals surface area contributed by atoms with Crippen LogP contribution >= 0.6 is 15.9 Å². The smallest absolute Gasteiger partial charge is 0.340 e. The van der Waals surface area contributed by atoms with E-state index in [9.17, 15) is 4.79 Å². The van der Waals surface area contributed by atoms with Crippen molar-refractivity contribution in [3.63, 3.8) is 0 Å². The fourth-order valence-corrected chi connectivity index (χ4v) is 3.27. The van der Waals surface area contributed by atoms with E-state index in [1.165, 1.54) is 0 Å². The second kappa shape index (κ2) is 7.69. The second-order valence-electron chi connectivity index (χ2n) is 7.55. The largest absolute Gasteiger partial charge is 0.457 e. The van der Waals surface area contributed by atoms with Crippen molar-refractivity contribution in [3.05, 3.63) is 69.8 Å². The number of aromatic nitrogens is 1. The van der Waals surface area contributed by atoms with Crippen molar-refractivity contribution in [1.29, 1.82) is 0 Å². The van der Waals surface area contributed by atoms with E-state index in [4.69, 9.17) is 4.74 Å². The number of hydrogen-bond donors (Lipinski definition) is 1. The molecule has 0 aliphatic heterocycles. The lowest BCUT2D eigenvalue weighted by molar-refractivity contribution is 0.0474. The van der Waals surface area contributed by atoms with Crippen LogP contribution in [0.3, 0.4) is 0 Å². The van der Waals surface area contributed by atoms with Gasteiger partial charge in [-0.05, 0) is 51.5 Å². The summed E-state index contributed by atoms with van der Waals surface area (Å²) in [6.07, 6.45) is 0. The van der Waals surface area contributed by atoms with Gasteiger partial charge in [-0.25, -0.2) is 9.78 Å². The molecule has 0 radical (unpaired) electrons. The zero-order chi connectivity index (χ0) is 19.6. The maximum atomic E-state index is 12.9. The maximum Gasteiger partial charge on any atom is 0.340 e. The second-order valence-corrected chi connectivity index (χ2v) is 8.46. The normalized spacial score (nSPS) is 11.4. The van der Waals surface area contributed by atoms with Crippen molar-refractivity contribution in [3.8, 4) is 0 Å². The van der Waals surface area contributed by atoms with Gasteiger partial charge in [0.1, 0.15) is 12.4 Å². The first-order chi connectivity index (χ1) is 12.7. The Balaban J connectivity index is 2.02. The zero-order valence-electron chi connectivity index (χ0n) is 16.0. The first-order valence-corrected chi connectivity index (χ1v) is 9.63. The molecule has 2 aromatic carbocycles. The Morgan fingerprint density at radius 1 is 1.11 bits per heavy atom. The molecule has 1 heterocycles. The predicted molar refractivity (Wildman–Crippen MR) is 113 cm³/mol. The molecule has 0 spiro atoms. The Bertz CT molecular complexity index is 979. The summed E-state index contributed by atoms with van der Waals surface area (Å²) in [4.78, 5) is 17.5. The number of carbonyl (C=O) groups is 1. The van der Waals surface area contributed by atoms with Crippen LogP contribution in [0.25, 0.3) is 10.8 Å². The van der Waals surface area contributed by atoms with Crippen molar-refractivity contribution >= 4 is 38.5 Å². The van der Waals surface area contributed by atoms with Crippen molar-refractivity contribution in [2.75, 3.05) is 5.32 Å². The van der Waals surface area contributed by atoms with Gasteiger partial charge in [0.05, 0.1) is 11.3 Å². The Kier molecular flexibility index (Phi) is 5.51. The standard InChI is InChI=1S/C22H23BrN2O2/c1-14-19(21(26)27-13-15-8-6-5-7-9-15)18-12-16(23)10-11-17(18)20(24-14)25-22(2,3)4/h5-12H,13H2,1-4H3,(H,24,25). The van der Waals surface area contributed by atoms with Gasteiger partial charge in [-0.1, -0.05) is 46.3 Å². The fourth-order valence-electron chi connectivity index (χ4n) is 2.91. The summed E-state index contributed by atoms with van der Waals surface area (Å²) in [5.74, 6) is 0.399. The van der Waals surface area contributed by atoms with E-state index >= 15 is 0 Å². The van der Waals surface area contributed by atoms with Crippen LogP contribution < -0.4 is 5.32 Å². The van der Waals surface area contributed by atoms with E-state index in [2.05, 4.69) is 47.0 Å². The number of rotatable bonds is 4. The van der Waals surface area contributed by atoms with Crippen LogP contribution in [0.1, 0.15) is 42.4 Å². The Hall–Kier alpha value is -2.40. The van der Waals surface area contributed by atoms with Gasteiger partial charge in [0.2, 0.25) is 0 Å². The van der Waals surface area contributed by atoms with E-state index in [0.29, 0.717) is 11.3 Å².